The molecule has 1 aromatic heterocycles. The van der Waals surface area contributed by atoms with Crippen molar-refractivity contribution >= 4 is 11.5 Å². The van der Waals surface area contributed by atoms with Crippen LogP contribution >= 0.6 is 0 Å². The van der Waals surface area contributed by atoms with Gasteiger partial charge in [0.15, 0.2) is 0 Å². The maximum atomic E-state index is 6.34. The molecule has 5 nitrogen and oxygen atoms in total. The largest absolute Gasteiger partial charge is 0.398 e. The number of nitrogens with two attached hydrogens (primary N) is 3. The minimum absolute atomic E-state index is 0.375. The lowest BCUT2D eigenvalue weighted by Gasteiger charge is -2.17. The van der Waals surface area contributed by atoms with Gasteiger partial charge in [-0.25, -0.2) is 0 Å². The number of rotatable bonds is 4. The van der Waals surface area contributed by atoms with Crippen LogP contribution in [0.25, 0.3) is 5.70 Å². The van der Waals surface area contributed by atoms with Gasteiger partial charge in [-0.1, -0.05) is 18.2 Å². The zero-order chi connectivity index (χ0) is 16.1. The van der Waals surface area contributed by atoms with Crippen molar-refractivity contribution in [2.24, 2.45) is 22.2 Å². The number of allylic oxidation sites excluding steroid dienone is 4. The van der Waals surface area contributed by atoms with Crippen molar-refractivity contribution in [2.75, 3.05) is 7.05 Å². The average Bonchev–Trinajstić information content (AvgIpc) is 3.09. The van der Waals surface area contributed by atoms with Crippen molar-refractivity contribution in [2.45, 2.75) is 19.8 Å². The molecular formula is C17H23N5. The lowest BCUT2D eigenvalue weighted by molar-refractivity contribution is 0.954. The number of hydrogen-bond acceptors (Lipinski definition) is 3. The van der Waals surface area contributed by atoms with Crippen molar-refractivity contribution in [3.63, 3.8) is 0 Å². The molecule has 116 valence electrons. The molecule has 7 N–H and O–H groups in total. The fourth-order valence-electron chi connectivity index (χ4n) is 2.48. The van der Waals surface area contributed by atoms with Crippen LogP contribution in [0, 0.1) is 0 Å². The first-order valence-corrected chi connectivity index (χ1v) is 7.25. The summed E-state index contributed by atoms with van der Waals surface area (Å²) < 4.78 is 0. The second-order valence-corrected chi connectivity index (χ2v) is 5.18. The molecule has 1 aliphatic carbocycles. The van der Waals surface area contributed by atoms with Crippen molar-refractivity contribution in [3.8, 4) is 0 Å². The Morgan fingerprint density at radius 1 is 1.23 bits per heavy atom. The molecule has 5 heteroatoms. The van der Waals surface area contributed by atoms with Crippen LogP contribution < -0.4 is 17.2 Å². The van der Waals surface area contributed by atoms with E-state index in [0.717, 1.165) is 29.7 Å². The molecule has 1 heterocycles. The molecular weight excluding hydrogens is 274 g/mol. The van der Waals surface area contributed by atoms with Gasteiger partial charge in [-0.3, -0.25) is 4.99 Å². The first-order chi connectivity index (χ1) is 10.6. The Balaban J connectivity index is 2.57. The lowest BCUT2D eigenvalue weighted by Crippen LogP contribution is -2.22. The van der Waals surface area contributed by atoms with E-state index in [4.69, 9.17) is 17.2 Å². The highest BCUT2D eigenvalue weighted by molar-refractivity contribution is 6.07. The van der Waals surface area contributed by atoms with Crippen molar-refractivity contribution < 1.29 is 0 Å². The number of aliphatic imine (C=N–C) groups is 1. The van der Waals surface area contributed by atoms with Gasteiger partial charge in [0.2, 0.25) is 0 Å². The van der Waals surface area contributed by atoms with Gasteiger partial charge < -0.3 is 22.2 Å². The van der Waals surface area contributed by atoms with Crippen molar-refractivity contribution in [1.29, 1.82) is 0 Å². The third-order valence-corrected chi connectivity index (χ3v) is 3.79. The Hall–Kier alpha value is -2.69. The highest BCUT2D eigenvalue weighted by atomic mass is 14.8. The summed E-state index contributed by atoms with van der Waals surface area (Å²) in [6.07, 6.45) is 9.90. The fourth-order valence-corrected chi connectivity index (χ4v) is 2.48. The standard InChI is InChI=1S/C17H23N5/c1-11(15(18)12-7-4-3-5-8-12)14(17(20)21-2)16(19)13-9-6-10-22-13/h3-4,6-7,9-10,22H,5,8,18-19H2,1-2H3,(H2,20,21)/b15-11-,16-14?. The lowest BCUT2D eigenvalue weighted by atomic mass is 9.94. The third-order valence-electron chi connectivity index (χ3n) is 3.79. The molecule has 0 atom stereocenters. The highest BCUT2D eigenvalue weighted by Gasteiger charge is 2.17. The van der Waals surface area contributed by atoms with E-state index in [9.17, 15) is 0 Å². The normalized spacial score (nSPS) is 17.7. The van der Waals surface area contributed by atoms with Gasteiger partial charge in [0.25, 0.3) is 0 Å². The predicted octanol–water partition coefficient (Wildman–Crippen LogP) is 2.18. The Morgan fingerprint density at radius 3 is 2.55 bits per heavy atom. The molecule has 0 aromatic carbocycles. The molecule has 0 unspecified atom stereocenters. The molecule has 0 radical (unpaired) electrons. The smallest absolute Gasteiger partial charge is 0.127 e. The van der Waals surface area contributed by atoms with E-state index in [1.807, 2.05) is 37.4 Å². The van der Waals surface area contributed by atoms with E-state index in [2.05, 4.69) is 16.1 Å². The number of nitrogens with zero attached hydrogens (tertiary/aromatic N) is 1. The van der Waals surface area contributed by atoms with Crippen LogP contribution in [0.4, 0.5) is 0 Å². The van der Waals surface area contributed by atoms with Gasteiger partial charge in [-0.15, -0.1) is 0 Å². The zero-order valence-corrected chi connectivity index (χ0v) is 13.1. The van der Waals surface area contributed by atoms with Gasteiger partial charge in [-0.05, 0) is 43.0 Å². The minimum Gasteiger partial charge on any atom is -0.398 e. The van der Waals surface area contributed by atoms with Crippen molar-refractivity contribution in [1.82, 2.24) is 4.98 Å². The molecule has 0 saturated heterocycles. The molecule has 0 amide bonds. The zero-order valence-electron chi connectivity index (χ0n) is 13.1. The summed E-state index contributed by atoms with van der Waals surface area (Å²) >= 11 is 0. The number of aromatic nitrogens is 1. The summed E-state index contributed by atoms with van der Waals surface area (Å²) in [5.74, 6) is 0.375. The van der Waals surface area contributed by atoms with E-state index in [0.29, 0.717) is 22.8 Å². The molecule has 0 saturated carbocycles. The summed E-state index contributed by atoms with van der Waals surface area (Å²) in [6.45, 7) is 1.93. The van der Waals surface area contributed by atoms with Crippen LogP contribution in [-0.2, 0) is 0 Å². The SMILES string of the molecule is CN=C(N)C(=C(N)c1ccc[nH]1)/C(C)=C(\N)C1=CC=CCC1. The Kier molecular flexibility index (Phi) is 4.88. The molecule has 0 aliphatic heterocycles. The molecule has 22 heavy (non-hydrogen) atoms. The van der Waals surface area contributed by atoms with Crippen LogP contribution in [0.15, 0.2) is 64.0 Å². The Morgan fingerprint density at radius 2 is 2.00 bits per heavy atom. The Bertz CT molecular complexity index is 685. The van der Waals surface area contributed by atoms with Gasteiger partial charge in [0.05, 0.1) is 11.4 Å². The molecule has 1 aromatic rings. The molecule has 2 rings (SSSR count). The summed E-state index contributed by atoms with van der Waals surface area (Å²) in [6, 6.07) is 3.78. The monoisotopic (exact) mass is 297 g/mol. The van der Waals surface area contributed by atoms with E-state index in [1.54, 1.807) is 7.05 Å². The first-order valence-electron chi connectivity index (χ1n) is 7.25. The summed E-state index contributed by atoms with van der Waals surface area (Å²) in [5, 5.41) is 0. The fraction of sp³-hybridized carbons (Fsp3) is 0.235. The van der Waals surface area contributed by atoms with E-state index in [-0.39, 0.29) is 0 Å². The third kappa shape index (κ3) is 3.14. The predicted molar refractivity (Wildman–Crippen MR) is 92.8 cm³/mol. The maximum Gasteiger partial charge on any atom is 0.127 e. The van der Waals surface area contributed by atoms with Gasteiger partial charge in [0.1, 0.15) is 5.84 Å². The van der Waals surface area contributed by atoms with E-state index < -0.39 is 0 Å². The number of aromatic amines is 1. The second-order valence-electron chi connectivity index (χ2n) is 5.18. The van der Waals surface area contributed by atoms with Crippen LogP contribution in [0.1, 0.15) is 25.5 Å². The summed E-state index contributed by atoms with van der Waals surface area (Å²) in [4.78, 5) is 7.17. The van der Waals surface area contributed by atoms with Crippen LogP contribution in [0.2, 0.25) is 0 Å². The summed E-state index contributed by atoms with van der Waals surface area (Å²) in [5.41, 5.74) is 23.4. The Labute approximate surface area is 131 Å². The first kappa shape index (κ1) is 15.7. The number of hydrogen-bond donors (Lipinski definition) is 4. The van der Waals surface area contributed by atoms with Crippen LogP contribution in [-0.4, -0.2) is 17.9 Å². The van der Waals surface area contributed by atoms with Gasteiger partial charge in [-0.2, -0.15) is 0 Å². The average molecular weight is 297 g/mol. The topological polar surface area (TPSA) is 106 Å². The molecule has 0 bridgehead atoms. The molecule has 0 spiro atoms. The highest BCUT2D eigenvalue weighted by Crippen LogP contribution is 2.26. The number of H-pyrrole nitrogens is 1. The number of nitrogens with one attached hydrogen (secondary N) is 1. The van der Waals surface area contributed by atoms with Gasteiger partial charge >= 0.3 is 0 Å². The van der Waals surface area contributed by atoms with E-state index >= 15 is 0 Å². The van der Waals surface area contributed by atoms with Crippen molar-refractivity contribution in [3.05, 3.63) is 64.7 Å². The van der Waals surface area contributed by atoms with Gasteiger partial charge in [0, 0.05) is 24.5 Å². The second kappa shape index (κ2) is 6.85. The minimum atomic E-state index is 0.375. The summed E-state index contributed by atoms with van der Waals surface area (Å²) in [7, 11) is 1.64. The molecule has 0 fully saturated rings. The van der Waals surface area contributed by atoms with Crippen LogP contribution in [0.3, 0.4) is 0 Å². The molecule has 1 aliphatic rings. The van der Waals surface area contributed by atoms with Crippen LogP contribution in [0.5, 0.6) is 0 Å². The number of amidine groups is 1. The maximum absolute atomic E-state index is 6.34. The quantitative estimate of drug-likeness (QED) is 0.389. The van der Waals surface area contributed by atoms with E-state index in [1.165, 1.54) is 0 Å².